The van der Waals surface area contributed by atoms with Crippen LogP contribution < -0.4 is 5.32 Å². The molecule has 0 spiro atoms. The van der Waals surface area contributed by atoms with E-state index >= 15 is 0 Å². The third kappa shape index (κ3) is 8.56. The lowest BCUT2D eigenvalue weighted by Gasteiger charge is -2.30. The van der Waals surface area contributed by atoms with Crippen LogP contribution in [0.3, 0.4) is 0 Å². The van der Waals surface area contributed by atoms with Gasteiger partial charge in [0, 0.05) is 31.4 Å². The standard InChI is InChI=1S/C19H23F3N2O6S/c1-12(25)23-7-4-14-2-3-16(31-14)15(26)10-29-17(27)13-5-8-24(9-6-13)18(28)30-11-19(20,21)22/h2-3,13H,4-11H2,1H3,(H,23,25). The average molecular weight is 464 g/mol. The minimum atomic E-state index is -4.60. The summed E-state index contributed by atoms with van der Waals surface area (Å²) in [5.41, 5.74) is 0. The van der Waals surface area contributed by atoms with Crippen molar-refractivity contribution < 1.29 is 41.8 Å². The number of thiophene rings is 1. The van der Waals surface area contributed by atoms with Crippen LogP contribution in [0.5, 0.6) is 0 Å². The van der Waals surface area contributed by atoms with E-state index in [0.717, 1.165) is 9.78 Å². The van der Waals surface area contributed by atoms with Crippen LogP contribution >= 0.6 is 11.3 Å². The van der Waals surface area contributed by atoms with Crippen LogP contribution in [-0.2, 0) is 25.5 Å². The first kappa shape index (κ1) is 24.6. The fourth-order valence-corrected chi connectivity index (χ4v) is 3.81. The molecule has 2 heterocycles. The van der Waals surface area contributed by atoms with Gasteiger partial charge in [0.15, 0.2) is 13.2 Å². The molecule has 0 aliphatic carbocycles. The van der Waals surface area contributed by atoms with Crippen LogP contribution in [0.1, 0.15) is 34.3 Å². The Morgan fingerprint density at radius 3 is 2.45 bits per heavy atom. The lowest BCUT2D eigenvalue weighted by Crippen LogP contribution is -2.42. The van der Waals surface area contributed by atoms with Gasteiger partial charge in [0.05, 0.1) is 10.8 Å². The topological polar surface area (TPSA) is 102 Å². The van der Waals surface area contributed by atoms with Gasteiger partial charge in [-0.25, -0.2) is 4.79 Å². The number of alkyl halides is 3. The Hall–Kier alpha value is -2.63. The molecule has 1 aromatic rings. The zero-order valence-electron chi connectivity index (χ0n) is 16.8. The molecule has 0 radical (unpaired) electrons. The average Bonchev–Trinajstić information content (AvgIpc) is 3.18. The molecule has 1 aliphatic heterocycles. The molecule has 1 aliphatic rings. The number of carbonyl (C=O) groups is 4. The van der Waals surface area contributed by atoms with E-state index in [9.17, 15) is 32.3 Å². The van der Waals surface area contributed by atoms with E-state index in [1.165, 1.54) is 18.3 Å². The normalized spacial score (nSPS) is 14.8. The molecule has 2 amide bonds. The molecule has 1 aromatic heterocycles. The molecule has 31 heavy (non-hydrogen) atoms. The van der Waals surface area contributed by atoms with Gasteiger partial charge in [0.2, 0.25) is 11.7 Å². The van der Waals surface area contributed by atoms with Crippen molar-refractivity contribution in [2.24, 2.45) is 5.92 Å². The summed E-state index contributed by atoms with van der Waals surface area (Å²) in [7, 11) is 0. The summed E-state index contributed by atoms with van der Waals surface area (Å²) >= 11 is 1.26. The maximum atomic E-state index is 12.2. The SMILES string of the molecule is CC(=O)NCCc1ccc(C(=O)COC(=O)C2CCN(C(=O)OCC(F)(F)F)CC2)s1. The van der Waals surface area contributed by atoms with E-state index in [1.54, 1.807) is 12.1 Å². The Labute approximate surface area is 180 Å². The van der Waals surface area contributed by atoms with E-state index in [0.29, 0.717) is 17.8 Å². The molecule has 172 valence electrons. The molecule has 12 heteroatoms. The summed E-state index contributed by atoms with van der Waals surface area (Å²) in [6.45, 7) is -0.0754. The van der Waals surface area contributed by atoms with Crippen molar-refractivity contribution in [1.29, 1.82) is 0 Å². The molecule has 1 fully saturated rings. The second-order valence-corrected chi connectivity index (χ2v) is 8.13. The summed E-state index contributed by atoms with van der Waals surface area (Å²) in [5, 5.41) is 2.66. The number of halogens is 3. The molecule has 0 saturated carbocycles. The van der Waals surface area contributed by atoms with Crippen LogP contribution in [0.15, 0.2) is 12.1 Å². The lowest BCUT2D eigenvalue weighted by atomic mass is 9.97. The number of nitrogens with zero attached hydrogens (tertiary/aromatic N) is 1. The molecule has 1 N–H and O–H groups in total. The van der Waals surface area contributed by atoms with E-state index in [-0.39, 0.29) is 37.6 Å². The summed E-state index contributed by atoms with van der Waals surface area (Å²) < 4.78 is 45.6. The Morgan fingerprint density at radius 2 is 1.84 bits per heavy atom. The van der Waals surface area contributed by atoms with Crippen molar-refractivity contribution in [1.82, 2.24) is 10.2 Å². The highest BCUT2D eigenvalue weighted by molar-refractivity contribution is 7.14. The second kappa shape index (κ2) is 11.1. The predicted octanol–water partition coefficient (Wildman–Crippen LogP) is 2.56. The monoisotopic (exact) mass is 464 g/mol. The lowest BCUT2D eigenvalue weighted by molar-refractivity contribution is -0.162. The number of hydrogen-bond acceptors (Lipinski definition) is 7. The number of esters is 1. The second-order valence-electron chi connectivity index (χ2n) is 6.96. The number of ketones is 1. The number of rotatable bonds is 8. The van der Waals surface area contributed by atoms with E-state index in [4.69, 9.17) is 4.74 Å². The molecule has 0 unspecified atom stereocenters. The maximum absolute atomic E-state index is 12.2. The fraction of sp³-hybridized carbons (Fsp3) is 0.579. The number of piperidine rings is 1. The molecule has 2 rings (SSSR count). The first-order valence-electron chi connectivity index (χ1n) is 9.56. The molecular formula is C19H23F3N2O6S. The Balaban J connectivity index is 1.71. The van der Waals surface area contributed by atoms with Crippen molar-refractivity contribution in [2.45, 2.75) is 32.4 Å². The third-order valence-corrected chi connectivity index (χ3v) is 5.66. The van der Waals surface area contributed by atoms with Gasteiger partial charge < -0.3 is 19.7 Å². The highest BCUT2D eigenvalue weighted by atomic mass is 32.1. The van der Waals surface area contributed by atoms with E-state index in [2.05, 4.69) is 10.1 Å². The number of likely N-dealkylation sites (tertiary alicyclic amines) is 1. The summed E-state index contributed by atoms with van der Waals surface area (Å²) in [6, 6.07) is 3.41. The highest BCUT2D eigenvalue weighted by Gasteiger charge is 2.33. The van der Waals surface area contributed by atoms with Crippen LogP contribution in [0.2, 0.25) is 0 Å². The van der Waals surface area contributed by atoms with Gasteiger partial charge in [-0.05, 0) is 31.4 Å². The van der Waals surface area contributed by atoms with E-state index < -0.39 is 37.4 Å². The zero-order valence-corrected chi connectivity index (χ0v) is 17.6. The summed E-state index contributed by atoms with van der Waals surface area (Å²) in [6.07, 6.45) is -4.67. The van der Waals surface area contributed by atoms with Gasteiger partial charge in [-0.2, -0.15) is 13.2 Å². The third-order valence-electron chi connectivity index (χ3n) is 4.47. The van der Waals surface area contributed by atoms with Crippen molar-refractivity contribution in [3.05, 3.63) is 21.9 Å². The van der Waals surface area contributed by atoms with Gasteiger partial charge >= 0.3 is 18.2 Å². The van der Waals surface area contributed by atoms with Crippen molar-refractivity contribution in [3.8, 4) is 0 Å². The van der Waals surface area contributed by atoms with Gasteiger partial charge in [-0.15, -0.1) is 11.3 Å². The Morgan fingerprint density at radius 1 is 1.16 bits per heavy atom. The number of Topliss-reactive ketones (excluding diaryl/α,β-unsaturated/α-hetero) is 1. The van der Waals surface area contributed by atoms with Gasteiger partial charge in [0.25, 0.3) is 0 Å². The molecule has 0 bridgehead atoms. The number of amides is 2. The fourth-order valence-electron chi connectivity index (χ4n) is 2.88. The first-order chi connectivity index (χ1) is 14.5. The van der Waals surface area contributed by atoms with Gasteiger partial charge in [-0.3, -0.25) is 14.4 Å². The highest BCUT2D eigenvalue weighted by Crippen LogP contribution is 2.22. The smallest absolute Gasteiger partial charge is 0.422 e. The largest absolute Gasteiger partial charge is 0.457 e. The molecule has 0 aromatic carbocycles. The van der Waals surface area contributed by atoms with Crippen LogP contribution in [-0.4, -0.2) is 67.7 Å². The quantitative estimate of drug-likeness (QED) is 0.469. The Bertz CT molecular complexity index is 803. The Kier molecular flexibility index (Phi) is 8.84. The maximum Gasteiger partial charge on any atom is 0.422 e. The number of carbonyl (C=O) groups excluding carboxylic acids is 4. The van der Waals surface area contributed by atoms with Crippen LogP contribution in [0, 0.1) is 5.92 Å². The molecule has 1 saturated heterocycles. The number of nitrogens with one attached hydrogen (secondary N) is 1. The minimum absolute atomic E-state index is 0.0625. The summed E-state index contributed by atoms with van der Waals surface area (Å²) in [5.74, 6) is -1.61. The van der Waals surface area contributed by atoms with Crippen molar-refractivity contribution >= 4 is 35.1 Å². The van der Waals surface area contributed by atoms with Gasteiger partial charge in [-0.1, -0.05) is 0 Å². The summed E-state index contributed by atoms with van der Waals surface area (Å²) in [4.78, 5) is 49.3. The molecule has 0 atom stereocenters. The van der Waals surface area contributed by atoms with Crippen LogP contribution in [0.25, 0.3) is 0 Å². The van der Waals surface area contributed by atoms with Crippen LogP contribution in [0.4, 0.5) is 18.0 Å². The first-order valence-corrected chi connectivity index (χ1v) is 10.4. The van der Waals surface area contributed by atoms with Crippen molar-refractivity contribution in [3.63, 3.8) is 0 Å². The number of ether oxygens (including phenoxy) is 2. The predicted molar refractivity (Wildman–Crippen MR) is 104 cm³/mol. The van der Waals surface area contributed by atoms with E-state index in [1.807, 2.05) is 0 Å². The van der Waals surface area contributed by atoms with Crippen molar-refractivity contribution in [2.75, 3.05) is 32.8 Å². The molecule has 8 nitrogen and oxygen atoms in total. The number of hydrogen-bond donors (Lipinski definition) is 1. The van der Waals surface area contributed by atoms with Gasteiger partial charge in [0.1, 0.15) is 0 Å². The molecular weight excluding hydrogens is 441 g/mol. The minimum Gasteiger partial charge on any atom is -0.457 e. The zero-order chi connectivity index (χ0) is 23.0.